The van der Waals surface area contributed by atoms with Crippen molar-refractivity contribution in [3.05, 3.63) is 33.4 Å². The maximum atomic E-state index is 12.1. The first-order valence-corrected chi connectivity index (χ1v) is 7.90. The lowest BCUT2D eigenvalue weighted by molar-refractivity contribution is -0.398. The maximum absolute atomic E-state index is 12.1. The molecule has 2 aliphatic carbocycles. The van der Waals surface area contributed by atoms with E-state index in [1.807, 2.05) is 6.92 Å². The Bertz CT molecular complexity index is 700. The second-order valence-corrected chi connectivity index (χ2v) is 7.30. The van der Waals surface area contributed by atoms with E-state index in [1.165, 1.54) is 12.1 Å². The van der Waals surface area contributed by atoms with Crippen LogP contribution in [0.25, 0.3) is 0 Å². The molecule has 0 unspecified atom stereocenters. The predicted molar refractivity (Wildman–Crippen MR) is 78.7 cm³/mol. The van der Waals surface area contributed by atoms with E-state index in [0.717, 1.165) is 24.0 Å². The lowest BCUT2D eigenvalue weighted by atomic mass is 9.50. The highest BCUT2D eigenvalue weighted by Crippen LogP contribution is 2.57. The third-order valence-electron chi connectivity index (χ3n) is 6.10. The summed E-state index contributed by atoms with van der Waals surface area (Å²) in [6.07, 6.45) is 3.29. The summed E-state index contributed by atoms with van der Waals surface area (Å²) >= 11 is 0. The summed E-state index contributed by atoms with van der Waals surface area (Å²) in [6.45, 7) is 3.72. The minimum Gasteiger partial charge on any atom is -0.868 e. The molecular weight excluding hydrogens is 298 g/mol. The van der Waals surface area contributed by atoms with E-state index < -0.39 is 33.2 Å². The van der Waals surface area contributed by atoms with Crippen molar-refractivity contribution in [1.82, 2.24) is 0 Å². The number of fused-ring (bicyclic) bond motifs is 3. The molecule has 0 aromatic heterocycles. The molecule has 0 bridgehead atoms. The number of aliphatic carboxylic acids is 1. The Kier molecular flexibility index (Phi) is 3.39. The normalized spacial score (nSPS) is 32.7. The minimum absolute atomic E-state index is 0.123. The van der Waals surface area contributed by atoms with Crippen LogP contribution < -0.4 is 10.2 Å². The van der Waals surface area contributed by atoms with Gasteiger partial charge in [0.25, 0.3) is 5.69 Å². The first-order chi connectivity index (χ1) is 10.7. The summed E-state index contributed by atoms with van der Waals surface area (Å²) in [6, 6.07) is 2.74. The van der Waals surface area contributed by atoms with E-state index in [4.69, 9.17) is 0 Å². The molecule has 1 aromatic carbocycles. The fourth-order valence-corrected chi connectivity index (χ4v) is 4.87. The van der Waals surface area contributed by atoms with Gasteiger partial charge in [0.05, 0.1) is 4.92 Å². The molecule has 6 nitrogen and oxygen atoms in total. The molecule has 0 heterocycles. The van der Waals surface area contributed by atoms with Gasteiger partial charge < -0.3 is 15.0 Å². The summed E-state index contributed by atoms with van der Waals surface area (Å²) in [4.78, 5) is 22.1. The number of carbonyl (C=O) groups is 1. The van der Waals surface area contributed by atoms with Crippen molar-refractivity contribution >= 4 is 11.7 Å². The third-order valence-corrected chi connectivity index (χ3v) is 6.10. The highest BCUT2D eigenvalue weighted by molar-refractivity contribution is 5.73. The van der Waals surface area contributed by atoms with Crippen LogP contribution in [0.1, 0.15) is 50.7 Å². The standard InChI is InChI=1S/C17H21NO5/c1-16-6-3-7-17(2,15(20)21)14(16)5-4-10-8-12(18(22)23)13(19)9-11(10)16/h8-9,14,19H,3-7H2,1-2H3,(H,20,21)/p-2/t14-,16-,17+/m0/s1. The molecule has 1 saturated carbocycles. The molecule has 0 amide bonds. The van der Waals surface area contributed by atoms with Gasteiger partial charge in [0.15, 0.2) is 0 Å². The van der Waals surface area contributed by atoms with E-state index in [2.05, 4.69) is 0 Å². The Morgan fingerprint density at radius 3 is 2.61 bits per heavy atom. The molecule has 0 radical (unpaired) electrons. The fourth-order valence-electron chi connectivity index (χ4n) is 4.87. The Labute approximate surface area is 134 Å². The second kappa shape index (κ2) is 4.94. The molecule has 0 N–H and O–H groups in total. The Balaban J connectivity index is 2.15. The largest absolute Gasteiger partial charge is 0.868 e. The quantitative estimate of drug-likeness (QED) is 0.606. The van der Waals surface area contributed by atoms with Gasteiger partial charge in [0, 0.05) is 17.5 Å². The van der Waals surface area contributed by atoms with Crippen LogP contribution in [0.15, 0.2) is 12.1 Å². The highest BCUT2D eigenvalue weighted by Gasteiger charge is 2.52. The molecule has 3 atom stereocenters. The molecule has 3 rings (SSSR count). The molecule has 2 aliphatic rings. The molecule has 6 heteroatoms. The maximum Gasteiger partial charge on any atom is 0.262 e. The molecule has 1 fully saturated rings. The number of hydrogen-bond acceptors (Lipinski definition) is 5. The predicted octanol–water partition coefficient (Wildman–Crippen LogP) is 1.43. The number of carboxylic acid groups (broad SMARTS) is 1. The van der Waals surface area contributed by atoms with E-state index >= 15 is 0 Å². The molecule has 1 aromatic rings. The zero-order chi connectivity index (χ0) is 17.0. The van der Waals surface area contributed by atoms with Crippen molar-refractivity contribution < 1.29 is 19.9 Å². The van der Waals surface area contributed by atoms with E-state index in [9.17, 15) is 25.1 Å². The van der Waals surface area contributed by atoms with Crippen LogP contribution in [0, 0.1) is 21.4 Å². The minimum atomic E-state index is -1.04. The van der Waals surface area contributed by atoms with Crippen molar-refractivity contribution in [2.75, 3.05) is 0 Å². The van der Waals surface area contributed by atoms with Crippen LogP contribution in [0.3, 0.4) is 0 Å². The van der Waals surface area contributed by atoms with Crippen LogP contribution >= 0.6 is 0 Å². The van der Waals surface area contributed by atoms with Gasteiger partial charge in [-0.2, -0.15) is 0 Å². The van der Waals surface area contributed by atoms with Crippen molar-refractivity contribution in [2.24, 2.45) is 11.3 Å². The van der Waals surface area contributed by atoms with Crippen LogP contribution in [-0.4, -0.2) is 10.9 Å². The number of carbonyl (C=O) groups excluding carboxylic acids is 1. The summed E-state index contributed by atoms with van der Waals surface area (Å²) in [5.74, 6) is -1.76. The van der Waals surface area contributed by atoms with Crippen molar-refractivity contribution in [1.29, 1.82) is 0 Å². The number of nitro benzene ring substituents is 1. The van der Waals surface area contributed by atoms with Gasteiger partial charge in [-0.1, -0.05) is 26.3 Å². The van der Waals surface area contributed by atoms with Gasteiger partial charge in [0.2, 0.25) is 0 Å². The molecule has 0 spiro atoms. The number of benzene rings is 1. The number of aryl methyl sites for hydroxylation is 1. The Hall–Kier alpha value is -2.11. The lowest BCUT2D eigenvalue weighted by Crippen LogP contribution is -2.56. The summed E-state index contributed by atoms with van der Waals surface area (Å²) < 4.78 is 0. The molecular formula is C17H19NO5-2. The molecule has 0 aliphatic heterocycles. The van der Waals surface area contributed by atoms with Crippen LogP contribution in [-0.2, 0) is 16.6 Å². The van der Waals surface area contributed by atoms with E-state index in [-0.39, 0.29) is 5.92 Å². The Morgan fingerprint density at radius 1 is 1.30 bits per heavy atom. The van der Waals surface area contributed by atoms with Crippen molar-refractivity contribution in [2.45, 2.75) is 51.4 Å². The van der Waals surface area contributed by atoms with Crippen LogP contribution in [0.5, 0.6) is 5.75 Å². The number of nitrogens with zero attached hydrogens (tertiary/aromatic N) is 1. The SMILES string of the molecule is C[C@@]1(C(=O)[O-])CCC[C@@]2(C)c3cc([O-])c([N+](=O)[O-])cc3CC[C@H]12. The van der Waals surface area contributed by atoms with Gasteiger partial charge in [-0.15, -0.1) is 0 Å². The average molecular weight is 317 g/mol. The Morgan fingerprint density at radius 2 is 2.00 bits per heavy atom. The van der Waals surface area contributed by atoms with E-state index in [1.54, 1.807) is 6.92 Å². The number of carboxylic acids is 1. The fraction of sp³-hybridized carbons (Fsp3) is 0.588. The van der Waals surface area contributed by atoms with Gasteiger partial charge in [-0.05, 0) is 53.9 Å². The summed E-state index contributed by atoms with van der Waals surface area (Å²) in [5, 5.41) is 34.8. The van der Waals surface area contributed by atoms with Crippen LogP contribution in [0.4, 0.5) is 5.69 Å². The topological polar surface area (TPSA) is 106 Å². The summed E-state index contributed by atoms with van der Waals surface area (Å²) in [5.41, 5.74) is -0.178. The number of rotatable bonds is 2. The zero-order valence-corrected chi connectivity index (χ0v) is 13.3. The number of hydrogen-bond donors (Lipinski definition) is 0. The first kappa shape index (κ1) is 15.8. The summed E-state index contributed by atoms with van der Waals surface area (Å²) in [7, 11) is 0. The lowest BCUT2D eigenvalue weighted by Gasteiger charge is -2.56. The third kappa shape index (κ3) is 2.11. The van der Waals surface area contributed by atoms with Crippen molar-refractivity contribution in [3.8, 4) is 5.75 Å². The first-order valence-electron chi connectivity index (χ1n) is 7.90. The van der Waals surface area contributed by atoms with Gasteiger partial charge in [-0.3, -0.25) is 10.1 Å². The van der Waals surface area contributed by atoms with Crippen LogP contribution in [0.2, 0.25) is 0 Å². The van der Waals surface area contributed by atoms with Gasteiger partial charge in [0.1, 0.15) is 0 Å². The molecule has 0 saturated heterocycles. The van der Waals surface area contributed by atoms with Gasteiger partial charge in [-0.25, -0.2) is 0 Å². The zero-order valence-electron chi connectivity index (χ0n) is 13.3. The van der Waals surface area contributed by atoms with Crippen molar-refractivity contribution in [3.63, 3.8) is 0 Å². The molecule has 23 heavy (non-hydrogen) atoms. The number of nitro groups is 1. The average Bonchev–Trinajstić information content (AvgIpc) is 2.46. The van der Waals surface area contributed by atoms with E-state index in [0.29, 0.717) is 19.3 Å². The smallest absolute Gasteiger partial charge is 0.262 e. The second-order valence-electron chi connectivity index (χ2n) is 7.30. The molecule has 124 valence electrons. The monoisotopic (exact) mass is 317 g/mol. The van der Waals surface area contributed by atoms with Gasteiger partial charge >= 0.3 is 0 Å². The highest BCUT2D eigenvalue weighted by atomic mass is 16.6.